The summed E-state index contributed by atoms with van der Waals surface area (Å²) in [5, 5.41) is 21.2. The van der Waals surface area contributed by atoms with Crippen molar-refractivity contribution < 1.29 is 91.4 Å². The van der Waals surface area contributed by atoms with Crippen LogP contribution >= 0.6 is 23.4 Å². The van der Waals surface area contributed by atoms with Crippen LogP contribution in [0.2, 0.25) is 5.02 Å². The van der Waals surface area contributed by atoms with Crippen molar-refractivity contribution in [3.05, 3.63) is 34.9 Å². The number of amides is 2. The average Bonchev–Trinajstić information content (AvgIpc) is 2.82. The largest absolute Gasteiger partial charge is 1.00 e. The number of rotatable bonds is 5. The van der Waals surface area contributed by atoms with Crippen molar-refractivity contribution >= 4 is 47.1 Å². The van der Waals surface area contributed by atoms with Crippen LogP contribution in [0.1, 0.15) is 28.2 Å². The average molecular weight is 461 g/mol. The second-order valence-electron chi connectivity index (χ2n) is 6.91. The van der Waals surface area contributed by atoms with Crippen LogP contribution in [-0.4, -0.2) is 61.1 Å². The van der Waals surface area contributed by atoms with E-state index in [4.69, 9.17) is 11.6 Å². The molecule has 0 bridgehead atoms. The first kappa shape index (κ1) is 26.8. The van der Waals surface area contributed by atoms with Gasteiger partial charge in [-0.2, -0.15) is 0 Å². The summed E-state index contributed by atoms with van der Waals surface area (Å²) in [4.78, 5) is 49.3. The number of aliphatic carboxylic acids is 2. The number of hydrogen-bond donors (Lipinski definition) is 3. The molecule has 29 heavy (non-hydrogen) atoms. The van der Waals surface area contributed by atoms with E-state index in [0.717, 1.165) is 0 Å². The van der Waals surface area contributed by atoms with Gasteiger partial charge in [-0.05, 0) is 31.5 Å². The van der Waals surface area contributed by atoms with Gasteiger partial charge < -0.3 is 23.3 Å². The van der Waals surface area contributed by atoms with Crippen molar-refractivity contribution in [1.29, 1.82) is 0 Å². The molecule has 2 heterocycles. The summed E-state index contributed by atoms with van der Waals surface area (Å²) in [5.74, 6) is -5.34. The Morgan fingerprint density at radius 2 is 1.76 bits per heavy atom. The smallest absolute Gasteiger partial charge is 1.00 e. The van der Waals surface area contributed by atoms with Crippen LogP contribution in [0.15, 0.2) is 24.3 Å². The molecule has 1 aromatic carbocycles. The third-order valence-corrected chi connectivity index (χ3v) is 6.51. The summed E-state index contributed by atoms with van der Waals surface area (Å²) in [6, 6.07) is 3.86. The minimum absolute atomic E-state index is 0. The fourth-order valence-electron chi connectivity index (χ4n) is 3.44. The Morgan fingerprint density at radius 1 is 1.21 bits per heavy atom. The van der Waals surface area contributed by atoms with Crippen LogP contribution in [0.4, 0.5) is 0 Å². The summed E-state index contributed by atoms with van der Waals surface area (Å²) in [7, 11) is 0. The molecule has 1 aromatic rings. The third-order valence-electron chi connectivity index (χ3n) is 4.69. The van der Waals surface area contributed by atoms with Crippen LogP contribution in [0.5, 0.6) is 0 Å². The number of halogens is 1. The first-order chi connectivity index (χ1) is 12.5. The summed E-state index contributed by atoms with van der Waals surface area (Å²) >= 11 is 7.06. The number of carbonyl (C=O) groups is 4. The Morgan fingerprint density at radius 3 is 2.24 bits per heavy atom. The fourth-order valence-corrected chi connectivity index (χ4v) is 5.19. The Labute approximate surface area is 223 Å². The zero-order valence-electron chi connectivity index (χ0n) is 18.4. The second kappa shape index (κ2) is 9.91. The van der Waals surface area contributed by atoms with Crippen molar-refractivity contribution in [2.45, 2.75) is 42.0 Å². The van der Waals surface area contributed by atoms with Gasteiger partial charge in [0.05, 0.1) is 0 Å². The minimum atomic E-state index is -1.50. The van der Waals surface area contributed by atoms with E-state index in [0.29, 0.717) is 5.02 Å². The molecule has 4 atom stereocenters. The molecule has 0 aliphatic carbocycles. The van der Waals surface area contributed by atoms with Gasteiger partial charge >= 0.3 is 71.1 Å². The van der Waals surface area contributed by atoms with Crippen LogP contribution in [0.25, 0.3) is 0 Å². The number of carboxylic acids is 2. The van der Waals surface area contributed by atoms with Crippen LogP contribution in [0.3, 0.4) is 0 Å². The van der Waals surface area contributed by atoms with E-state index < -0.39 is 51.9 Å². The van der Waals surface area contributed by atoms with Gasteiger partial charge in [-0.25, -0.2) is 4.79 Å². The third kappa shape index (κ3) is 4.98. The maximum absolute atomic E-state index is 12.6. The van der Waals surface area contributed by atoms with Crippen molar-refractivity contribution in [3.8, 4) is 0 Å². The number of carbonyl (C=O) groups excluding carboxylic acids is 2. The molecule has 148 valence electrons. The number of carboxylic acid groups (broad SMARTS) is 2. The Hall–Kier alpha value is -0.260. The summed E-state index contributed by atoms with van der Waals surface area (Å²) in [6.07, 6.45) is 0. The van der Waals surface area contributed by atoms with E-state index in [1.165, 1.54) is 40.9 Å². The molecule has 0 aromatic heterocycles. The maximum atomic E-state index is 12.6. The molecule has 12 heteroatoms. The fraction of sp³-hybridized carbons (Fsp3) is 0.412. The number of benzene rings is 1. The quantitative estimate of drug-likeness (QED) is 0.229. The van der Waals surface area contributed by atoms with Crippen molar-refractivity contribution in [3.63, 3.8) is 0 Å². The molecule has 0 radical (unpaired) electrons. The van der Waals surface area contributed by atoms with Crippen LogP contribution < -0.4 is 64.4 Å². The molecular weight excluding hydrogens is 442 g/mol. The van der Waals surface area contributed by atoms with Crippen LogP contribution in [-0.2, 0) is 19.2 Å². The van der Waals surface area contributed by atoms with Crippen molar-refractivity contribution in [1.82, 2.24) is 10.2 Å². The van der Waals surface area contributed by atoms with Crippen molar-refractivity contribution in [2.24, 2.45) is 0 Å². The molecule has 2 amide bonds. The first-order valence-electron chi connectivity index (χ1n) is 8.06. The molecule has 2 aliphatic heterocycles. The minimum Gasteiger partial charge on any atom is -1.00 e. The normalized spacial score (nSPS) is 24.9. The van der Waals surface area contributed by atoms with E-state index in [9.17, 15) is 29.4 Å². The van der Waals surface area contributed by atoms with Crippen molar-refractivity contribution in [2.75, 3.05) is 0 Å². The molecular formula is C17H19ClN2Na2O6S. The summed E-state index contributed by atoms with van der Waals surface area (Å²) in [5.41, 5.74) is 0.232. The number of β-lactam (4-membered cyclic amide) rings is 1. The molecule has 3 unspecified atom stereocenters. The van der Waals surface area contributed by atoms with Gasteiger partial charge in [0, 0.05) is 9.77 Å². The predicted molar refractivity (Wildman–Crippen MR) is 99.7 cm³/mol. The van der Waals surface area contributed by atoms with Gasteiger partial charge in [-0.1, -0.05) is 23.7 Å². The molecule has 2 fully saturated rings. The Balaban J connectivity index is 0. The maximum Gasteiger partial charge on any atom is 1.00 e. The standard InChI is InChI=1S/C17H17ClN2O6S.2Na.2H/c1-17(2)11(16(25)26)20-13(22)10(14(20)27-17)19-12(21)9(15(23)24)7-3-5-8(18)6-4-7;;;;/h3-6,9-11,14H,1-2H3,(H,19,21)(H,23,24)(H,25,26);;;;/q;2*+1;2*-1/t9?,10?,11?,14-;;;;/m1..../s1. The molecule has 3 rings (SSSR count). The number of nitrogens with one attached hydrogen (secondary N) is 1. The van der Waals surface area contributed by atoms with Gasteiger partial charge in [0.2, 0.25) is 11.8 Å². The van der Waals surface area contributed by atoms with E-state index >= 15 is 0 Å². The summed E-state index contributed by atoms with van der Waals surface area (Å²) < 4.78 is -0.728. The van der Waals surface area contributed by atoms with Gasteiger partial charge in [0.15, 0.2) is 5.92 Å². The van der Waals surface area contributed by atoms with E-state index in [-0.39, 0.29) is 67.5 Å². The predicted octanol–water partition coefficient (Wildman–Crippen LogP) is -4.63. The number of nitrogens with zero attached hydrogens (tertiary/aromatic N) is 1. The number of fused-ring (bicyclic) bond motifs is 1. The number of thioether (sulfide) groups is 1. The topological polar surface area (TPSA) is 124 Å². The van der Waals surface area contributed by atoms with E-state index in [2.05, 4.69) is 5.32 Å². The molecule has 3 N–H and O–H groups in total. The van der Waals surface area contributed by atoms with Gasteiger partial charge in [0.25, 0.3) is 0 Å². The monoisotopic (exact) mass is 460 g/mol. The van der Waals surface area contributed by atoms with Gasteiger partial charge in [-0.3, -0.25) is 14.4 Å². The summed E-state index contributed by atoms with van der Waals surface area (Å²) in [6.45, 7) is 3.43. The van der Waals surface area contributed by atoms with E-state index in [1.807, 2.05) is 0 Å². The Bertz CT molecular complexity index is 848. The molecule has 0 spiro atoms. The zero-order chi connectivity index (χ0) is 20.1. The second-order valence-corrected chi connectivity index (χ2v) is 9.11. The molecule has 8 nitrogen and oxygen atoms in total. The molecule has 2 aliphatic rings. The molecule has 2 saturated heterocycles. The SMILES string of the molecule is CC1(C)S[C@@H]2C(NC(=O)C(C(=O)O)c3ccc(Cl)cc3)C(=O)N2C1C(=O)O.[H-].[H-].[Na+].[Na+]. The number of hydrogen-bond acceptors (Lipinski definition) is 5. The van der Waals surface area contributed by atoms with E-state index in [1.54, 1.807) is 13.8 Å². The van der Waals surface area contributed by atoms with Gasteiger partial charge in [0.1, 0.15) is 17.5 Å². The molecule has 0 saturated carbocycles. The first-order valence-corrected chi connectivity index (χ1v) is 9.32. The van der Waals surface area contributed by atoms with Crippen LogP contribution in [0, 0.1) is 0 Å². The zero-order valence-corrected chi connectivity index (χ0v) is 22.0. The Kier molecular flexibility index (Phi) is 9.15. The van der Waals surface area contributed by atoms with Gasteiger partial charge in [-0.15, -0.1) is 11.8 Å².